The number of benzene rings is 1. The molecule has 2 N–H and O–H groups in total. The minimum Gasteiger partial charge on any atom is -0.465 e. The fraction of sp³-hybridized carbons (Fsp3) is 0.550. The topological polar surface area (TPSA) is 65.6 Å². The molecule has 5 heteroatoms. The molecule has 1 fully saturated rings. The number of H-pyrrole nitrogens is 1. The molecular weight excluding hydrogens is 316 g/mol. The average Bonchev–Trinajstić information content (AvgIpc) is 3.07. The van der Waals surface area contributed by atoms with Gasteiger partial charge in [0, 0.05) is 30.3 Å². The first-order valence-electron chi connectivity index (χ1n) is 9.23. The number of aliphatic hydroxyl groups is 1. The van der Waals surface area contributed by atoms with Crippen molar-refractivity contribution >= 4 is 16.9 Å². The Morgan fingerprint density at radius 2 is 2.28 bits per heavy atom. The molecular formula is C20H28N2O3. The standard InChI is InChI=1S/C20H28N2O3/c1-25-20(24)16-7-8-19-18(11-16)17(12-21-19)6-2-3-9-22-10-4-5-15(13-22)14-23/h7-8,11-12,15,21,23H,2-6,9-10,13-14H2,1H3. The Hall–Kier alpha value is -1.85. The highest BCUT2D eigenvalue weighted by atomic mass is 16.5. The van der Waals surface area contributed by atoms with Crippen molar-refractivity contribution in [1.82, 2.24) is 9.88 Å². The van der Waals surface area contributed by atoms with E-state index in [1.165, 1.54) is 19.1 Å². The molecule has 1 saturated heterocycles. The molecule has 0 spiro atoms. The molecule has 1 aromatic heterocycles. The smallest absolute Gasteiger partial charge is 0.337 e. The van der Waals surface area contributed by atoms with Crippen LogP contribution in [-0.2, 0) is 11.2 Å². The summed E-state index contributed by atoms with van der Waals surface area (Å²) in [5.74, 6) is 0.164. The van der Waals surface area contributed by atoms with Gasteiger partial charge in [-0.15, -0.1) is 0 Å². The number of unbranched alkanes of at least 4 members (excludes halogenated alkanes) is 1. The Morgan fingerprint density at radius 3 is 3.08 bits per heavy atom. The van der Waals surface area contributed by atoms with Gasteiger partial charge in [0.2, 0.25) is 0 Å². The van der Waals surface area contributed by atoms with Gasteiger partial charge < -0.3 is 19.7 Å². The van der Waals surface area contributed by atoms with E-state index in [9.17, 15) is 9.90 Å². The number of ether oxygens (including phenoxy) is 1. The lowest BCUT2D eigenvalue weighted by Crippen LogP contribution is -2.37. The number of nitrogens with one attached hydrogen (secondary N) is 1. The third-order valence-electron chi connectivity index (χ3n) is 5.22. The Balaban J connectivity index is 1.53. The Bertz CT molecular complexity index is 710. The van der Waals surface area contributed by atoms with Crippen LogP contribution in [0.25, 0.3) is 10.9 Å². The number of piperidine rings is 1. The maximum atomic E-state index is 11.7. The van der Waals surface area contributed by atoms with Gasteiger partial charge in [-0.2, -0.15) is 0 Å². The van der Waals surface area contributed by atoms with Gasteiger partial charge in [-0.25, -0.2) is 4.79 Å². The largest absolute Gasteiger partial charge is 0.465 e. The maximum Gasteiger partial charge on any atom is 0.337 e. The number of aromatic amines is 1. The molecule has 136 valence electrons. The first-order chi connectivity index (χ1) is 12.2. The highest BCUT2D eigenvalue weighted by Crippen LogP contribution is 2.22. The predicted octanol–water partition coefficient (Wildman–Crippen LogP) is 2.98. The molecule has 1 aromatic carbocycles. The fourth-order valence-electron chi connectivity index (χ4n) is 3.78. The molecule has 0 radical (unpaired) electrons. The highest BCUT2D eigenvalue weighted by molar-refractivity contribution is 5.95. The molecule has 0 saturated carbocycles. The van der Waals surface area contributed by atoms with Crippen molar-refractivity contribution in [3.8, 4) is 0 Å². The first kappa shape index (κ1) is 18.0. The Labute approximate surface area is 149 Å². The van der Waals surface area contributed by atoms with Crippen LogP contribution >= 0.6 is 0 Å². The lowest BCUT2D eigenvalue weighted by Gasteiger charge is -2.31. The summed E-state index contributed by atoms with van der Waals surface area (Å²) in [6, 6.07) is 5.65. The van der Waals surface area contributed by atoms with Crippen molar-refractivity contribution in [3.63, 3.8) is 0 Å². The van der Waals surface area contributed by atoms with Crippen LogP contribution in [0.3, 0.4) is 0 Å². The first-order valence-corrected chi connectivity index (χ1v) is 9.23. The maximum absolute atomic E-state index is 11.7. The Morgan fingerprint density at radius 1 is 1.40 bits per heavy atom. The lowest BCUT2D eigenvalue weighted by molar-refractivity contribution is 0.0601. The molecule has 2 aromatic rings. The number of carbonyl (C=O) groups is 1. The van der Waals surface area contributed by atoms with E-state index in [1.807, 2.05) is 12.1 Å². The second-order valence-corrected chi connectivity index (χ2v) is 7.01. The van der Waals surface area contributed by atoms with Crippen LogP contribution in [0, 0.1) is 5.92 Å². The summed E-state index contributed by atoms with van der Waals surface area (Å²) in [6.07, 6.45) is 7.68. The van der Waals surface area contributed by atoms with Gasteiger partial charge in [0.05, 0.1) is 12.7 Å². The number of aryl methyl sites for hydroxylation is 1. The van der Waals surface area contributed by atoms with Gasteiger partial charge in [-0.1, -0.05) is 0 Å². The van der Waals surface area contributed by atoms with Gasteiger partial charge in [0.1, 0.15) is 0 Å². The minimum absolute atomic E-state index is 0.294. The number of aromatic nitrogens is 1. The van der Waals surface area contributed by atoms with Crippen LogP contribution < -0.4 is 0 Å². The predicted molar refractivity (Wildman–Crippen MR) is 98.8 cm³/mol. The number of nitrogens with zero attached hydrogens (tertiary/aromatic N) is 1. The number of methoxy groups -OCH3 is 1. The summed E-state index contributed by atoms with van der Waals surface area (Å²) in [7, 11) is 1.41. The zero-order valence-electron chi connectivity index (χ0n) is 15.0. The van der Waals surface area contributed by atoms with E-state index in [2.05, 4.69) is 16.1 Å². The third kappa shape index (κ3) is 4.41. The van der Waals surface area contributed by atoms with Crippen molar-refractivity contribution in [1.29, 1.82) is 0 Å². The molecule has 3 rings (SSSR count). The molecule has 1 aliphatic rings. The normalized spacial score (nSPS) is 18.6. The van der Waals surface area contributed by atoms with Crippen LogP contribution in [0.1, 0.15) is 41.6 Å². The van der Waals surface area contributed by atoms with Crippen molar-refractivity contribution in [2.45, 2.75) is 32.1 Å². The van der Waals surface area contributed by atoms with Crippen LogP contribution in [0.15, 0.2) is 24.4 Å². The van der Waals surface area contributed by atoms with E-state index in [1.54, 1.807) is 6.07 Å². The third-order valence-corrected chi connectivity index (χ3v) is 5.22. The summed E-state index contributed by atoms with van der Waals surface area (Å²) in [4.78, 5) is 17.5. The number of rotatable bonds is 7. The summed E-state index contributed by atoms with van der Waals surface area (Å²) in [5, 5.41) is 10.4. The van der Waals surface area contributed by atoms with Crippen molar-refractivity contribution < 1.29 is 14.6 Å². The quantitative estimate of drug-likeness (QED) is 0.599. The summed E-state index contributed by atoms with van der Waals surface area (Å²) in [6.45, 7) is 3.61. The van der Waals surface area contributed by atoms with E-state index < -0.39 is 0 Å². The zero-order valence-corrected chi connectivity index (χ0v) is 15.0. The molecule has 5 nitrogen and oxygen atoms in total. The minimum atomic E-state index is -0.294. The van der Waals surface area contributed by atoms with E-state index in [0.29, 0.717) is 18.1 Å². The number of fused-ring (bicyclic) bond motifs is 1. The summed E-state index contributed by atoms with van der Waals surface area (Å²) < 4.78 is 4.81. The molecule has 1 unspecified atom stereocenters. The number of hydrogen-bond acceptors (Lipinski definition) is 4. The monoisotopic (exact) mass is 344 g/mol. The van der Waals surface area contributed by atoms with Crippen molar-refractivity contribution in [2.75, 3.05) is 33.4 Å². The van der Waals surface area contributed by atoms with Gasteiger partial charge in [-0.3, -0.25) is 0 Å². The van der Waals surface area contributed by atoms with Crippen LogP contribution in [0.2, 0.25) is 0 Å². The lowest BCUT2D eigenvalue weighted by atomic mass is 9.98. The number of carbonyl (C=O) groups excluding carboxylic acids is 1. The number of esters is 1. The highest BCUT2D eigenvalue weighted by Gasteiger charge is 2.18. The molecule has 1 aliphatic heterocycles. The second-order valence-electron chi connectivity index (χ2n) is 7.01. The number of hydrogen-bond donors (Lipinski definition) is 2. The molecule has 25 heavy (non-hydrogen) atoms. The average molecular weight is 344 g/mol. The van der Waals surface area contributed by atoms with E-state index in [0.717, 1.165) is 56.2 Å². The fourth-order valence-corrected chi connectivity index (χ4v) is 3.78. The van der Waals surface area contributed by atoms with E-state index >= 15 is 0 Å². The molecule has 1 atom stereocenters. The zero-order chi connectivity index (χ0) is 17.6. The van der Waals surface area contributed by atoms with Crippen LogP contribution in [0.4, 0.5) is 0 Å². The number of likely N-dealkylation sites (tertiary alicyclic amines) is 1. The molecule has 0 bridgehead atoms. The van der Waals surface area contributed by atoms with Crippen LogP contribution in [0.5, 0.6) is 0 Å². The Kier molecular flexibility index (Phi) is 6.10. The van der Waals surface area contributed by atoms with E-state index in [4.69, 9.17) is 4.74 Å². The SMILES string of the molecule is COC(=O)c1ccc2[nH]cc(CCCCN3CCCC(CO)C3)c2c1. The molecule has 0 aliphatic carbocycles. The van der Waals surface area contributed by atoms with Gasteiger partial charge in [-0.05, 0) is 74.9 Å². The van der Waals surface area contributed by atoms with Gasteiger partial charge in [0.25, 0.3) is 0 Å². The van der Waals surface area contributed by atoms with E-state index in [-0.39, 0.29) is 5.97 Å². The summed E-state index contributed by atoms with van der Waals surface area (Å²) >= 11 is 0. The summed E-state index contributed by atoms with van der Waals surface area (Å²) in [5.41, 5.74) is 2.91. The van der Waals surface area contributed by atoms with Crippen molar-refractivity contribution in [2.24, 2.45) is 5.92 Å². The second kappa shape index (κ2) is 8.50. The van der Waals surface area contributed by atoms with Crippen LogP contribution in [-0.4, -0.2) is 54.3 Å². The molecule has 2 heterocycles. The van der Waals surface area contributed by atoms with Gasteiger partial charge in [0.15, 0.2) is 0 Å². The number of aliphatic hydroxyl groups excluding tert-OH is 1. The van der Waals surface area contributed by atoms with Crippen molar-refractivity contribution in [3.05, 3.63) is 35.5 Å². The molecule has 0 amide bonds. The van der Waals surface area contributed by atoms with Gasteiger partial charge >= 0.3 is 5.97 Å².